The molecule has 1 fully saturated rings. The van der Waals surface area contributed by atoms with Crippen LogP contribution in [0.4, 0.5) is 0 Å². The first-order valence-corrected chi connectivity index (χ1v) is 7.53. The number of methoxy groups -OCH3 is 2. The second-order valence-electron chi connectivity index (χ2n) is 5.88. The van der Waals surface area contributed by atoms with Crippen molar-refractivity contribution in [3.8, 4) is 11.5 Å². The Morgan fingerprint density at radius 2 is 1.95 bits per heavy atom. The van der Waals surface area contributed by atoms with Gasteiger partial charge in [0.1, 0.15) is 0 Å². The van der Waals surface area contributed by atoms with Crippen molar-refractivity contribution in [1.29, 1.82) is 0 Å². The van der Waals surface area contributed by atoms with Crippen LogP contribution in [0.2, 0.25) is 5.02 Å². The standard InChI is InChI=1S/C16H24ClNO2/c1-10(2)13-11(16(9-18)6-5-7-16)8-12(19-3)15(20-4)14(13)17/h8,10H,5-7,9,18H2,1-4H3. The molecule has 1 aliphatic carbocycles. The molecule has 4 heteroatoms. The van der Waals surface area contributed by atoms with Crippen LogP contribution in [0.5, 0.6) is 11.5 Å². The van der Waals surface area contributed by atoms with E-state index in [9.17, 15) is 0 Å². The van der Waals surface area contributed by atoms with Gasteiger partial charge in [-0.1, -0.05) is 31.9 Å². The highest BCUT2D eigenvalue weighted by Gasteiger charge is 2.41. The third-order valence-corrected chi connectivity index (χ3v) is 4.87. The Morgan fingerprint density at radius 1 is 1.30 bits per heavy atom. The highest BCUT2D eigenvalue weighted by molar-refractivity contribution is 6.33. The molecule has 0 unspecified atom stereocenters. The SMILES string of the molecule is COc1cc(C2(CN)CCC2)c(C(C)C)c(Cl)c1OC. The van der Waals surface area contributed by atoms with Gasteiger partial charge in [0.2, 0.25) is 0 Å². The van der Waals surface area contributed by atoms with Crippen molar-refractivity contribution in [3.63, 3.8) is 0 Å². The second-order valence-corrected chi connectivity index (χ2v) is 6.26. The summed E-state index contributed by atoms with van der Waals surface area (Å²) in [6.45, 7) is 4.96. The van der Waals surface area contributed by atoms with Crippen LogP contribution < -0.4 is 15.2 Å². The van der Waals surface area contributed by atoms with E-state index in [2.05, 4.69) is 19.9 Å². The van der Waals surface area contributed by atoms with Crippen LogP contribution in [0.1, 0.15) is 50.2 Å². The van der Waals surface area contributed by atoms with Gasteiger partial charge in [0.15, 0.2) is 11.5 Å². The fourth-order valence-corrected chi connectivity index (χ4v) is 3.65. The summed E-state index contributed by atoms with van der Waals surface area (Å²) < 4.78 is 10.9. The Morgan fingerprint density at radius 3 is 2.30 bits per heavy atom. The first kappa shape index (κ1) is 15.5. The van der Waals surface area contributed by atoms with Crippen molar-refractivity contribution < 1.29 is 9.47 Å². The maximum absolute atomic E-state index is 6.59. The van der Waals surface area contributed by atoms with E-state index in [0.29, 0.717) is 29.0 Å². The summed E-state index contributed by atoms with van der Waals surface area (Å²) in [6, 6.07) is 2.08. The summed E-state index contributed by atoms with van der Waals surface area (Å²) in [5.41, 5.74) is 8.51. The minimum absolute atomic E-state index is 0.0583. The predicted molar refractivity (Wildman–Crippen MR) is 83.2 cm³/mol. The molecule has 0 heterocycles. The van der Waals surface area contributed by atoms with Gasteiger partial charge in [-0.25, -0.2) is 0 Å². The Labute approximate surface area is 126 Å². The third-order valence-electron chi connectivity index (χ3n) is 4.50. The summed E-state index contributed by atoms with van der Waals surface area (Å²) >= 11 is 6.59. The van der Waals surface area contributed by atoms with Gasteiger partial charge in [-0.3, -0.25) is 0 Å². The van der Waals surface area contributed by atoms with Crippen LogP contribution >= 0.6 is 11.6 Å². The normalized spacial score (nSPS) is 16.9. The maximum Gasteiger partial charge on any atom is 0.179 e. The van der Waals surface area contributed by atoms with Crippen molar-refractivity contribution in [2.24, 2.45) is 5.73 Å². The molecule has 2 N–H and O–H groups in total. The van der Waals surface area contributed by atoms with Crippen LogP contribution in [-0.4, -0.2) is 20.8 Å². The summed E-state index contributed by atoms with van der Waals surface area (Å²) in [5, 5.41) is 0.663. The quantitative estimate of drug-likeness (QED) is 0.897. The molecule has 2 rings (SSSR count). The third kappa shape index (κ3) is 2.27. The van der Waals surface area contributed by atoms with Crippen molar-refractivity contribution in [2.45, 2.75) is 44.4 Å². The van der Waals surface area contributed by atoms with Crippen LogP contribution in [-0.2, 0) is 5.41 Å². The topological polar surface area (TPSA) is 44.5 Å². The fraction of sp³-hybridized carbons (Fsp3) is 0.625. The van der Waals surface area contributed by atoms with Crippen molar-refractivity contribution in [1.82, 2.24) is 0 Å². The van der Waals surface area contributed by atoms with Crippen LogP contribution in [0.3, 0.4) is 0 Å². The number of halogens is 1. The molecule has 0 saturated heterocycles. The molecule has 0 amide bonds. The summed E-state index contributed by atoms with van der Waals surface area (Å²) in [7, 11) is 3.26. The number of nitrogens with two attached hydrogens (primary N) is 1. The lowest BCUT2D eigenvalue weighted by Gasteiger charge is -2.43. The van der Waals surface area contributed by atoms with E-state index in [0.717, 1.165) is 18.4 Å². The van der Waals surface area contributed by atoms with Gasteiger partial charge in [0.25, 0.3) is 0 Å². The molecule has 1 aromatic carbocycles. The molecule has 1 aromatic rings. The molecule has 0 spiro atoms. The van der Waals surface area contributed by atoms with Gasteiger partial charge < -0.3 is 15.2 Å². The zero-order valence-electron chi connectivity index (χ0n) is 12.8. The van der Waals surface area contributed by atoms with Gasteiger partial charge in [-0.15, -0.1) is 0 Å². The molecule has 0 aliphatic heterocycles. The average Bonchev–Trinajstić information content (AvgIpc) is 2.37. The van der Waals surface area contributed by atoms with Crippen LogP contribution in [0.15, 0.2) is 6.07 Å². The van der Waals surface area contributed by atoms with E-state index in [-0.39, 0.29) is 5.41 Å². The van der Waals surface area contributed by atoms with Crippen LogP contribution in [0.25, 0.3) is 0 Å². The zero-order chi connectivity index (χ0) is 14.9. The Balaban J connectivity index is 2.69. The lowest BCUT2D eigenvalue weighted by atomic mass is 9.62. The largest absolute Gasteiger partial charge is 0.493 e. The molecule has 112 valence electrons. The average molecular weight is 298 g/mol. The number of benzene rings is 1. The number of hydrogen-bond donors (Lipinski definition) is 1. The van der Waals surface area contributed by atoms with Gasteiger partial charge in [-0.2, -0.15) is 0 Å². The molecule has 0 aromatic heterocycles. The van der Waals surface area contributed by atoms with Crippen molar-refractivity contribution >= 4 is 11.6 Å². The molecule has 20 heavy (non-hydrogen) atoms. The van der Waals surface area contributed by atoms with E-state index in [1.165, 1.54) is 12.0 Å². The monoisotopic (exact) mass is 297 g/mol. The number of ether oxygens (including phenoxy) is 2. The fourth-order valence-electron chi connectivity index (χ4n) is 3.16. The Bertz CT molecular complexity index is 490. The number of rotatable bonds is 5. The molecule has 0 bridgehead atoms. The Kier molecular flexibility index (Phi) is 4.50. The lowest BCUT2D eigenvalue weighted by molar-refractivity contribution is 0.249. The van der Waals surface area contributed by atoms with Gasteiger partial charge in [0.05, 0.1) is 19.2 Å². The lowest BCUT2D eigenvalue weighted by Crippen LogP contribution is -2.42. The molecule has 0 atom stereocenters. The maximum atomic E-state index is 6.59. The molecular formula is C16H24ClNO2. The molecule has 0 radical (unpaired) electrons. The first-order valence-electron chi connectivity index (χ1n) is 7.15. The van der Waals surface area contributed by atoms with Crippen molar-refractivity contribution in [2.75, 3.05) is 20.8 Å². The van der Waals surface area contributed by atoms with Gasteiger partial charge in [-0.05, 0) is 36.0 Å². The van der Waals surface area contributed by atoms with Crippen LogP contribution in [0, 0.1) is 0 Å². The summed E-state index contributed by atoms with van der Waals surface area (Å²) in [5.74, 6) is 1.63. The van der Waals surface area contributed by atoms with Crippen molar-refractivity contribution in [3.05, 3.63) is 22.2 Å². The Hall–Kier alpha value is -0.930. The predicted octanol–water partition coefficient (Wildman–Crippen LogP) is 3.86. The van der Waals surface area contributed by atoms with E-state index in [1.807, 2.05) is 0 Å². The van der Waals surface area contributed by atoms with Gasteiger partial charge in [0, 0.05) is 12.0 Å². The zero-order valence-corrected chi connectivity index (χ0v) is 13.5. The highest BCUT2D eigenvalue weighted by atomic mass is 35.5. The van der Waals surface area contributed by atoms with E-state index in [4.69, 9.17) is 26.8 Å². The van der Waals surface area contributed by atoms with E-state index < -0.39 is 0 Å². The molecule has 3 nitrogen and oxygen atoms in total. The molecular weight excluding hydrogens is 274 g/mol. The highest BCUT2D eigenvalue weighted by Crippen LogP contribution is 2.51. The number of hydrogen-bond acceptors (Lipinski definition) is 3. The van der Waals surface area contributed by atoms with Gasteiger partial charge >= 0.3 is 0 Å². The summed E-state index contributed by atoms with van der Waals surface area (Å²) in [4.78, 5) is 0. The molecule has 1 saturated carbocycles. The van der Waals surface area contributed by atoms with E-state index in [1.54, 1.807) is 14.2 Å². The minimum atomic E-state index is 0.0583. The molecule has 1 aliphatic rings. The van der Waals surface area contributed by atoms with E-state index >= 15 is 0 Å². The summed E-state index contributed by atoms with van der Waals surface area (Å²) in [6.07, 6.45) is 3.46. The minimum Gasteiger partial charge on any atom is -0.493 e. The first-order chi connectivity index (χ1) is 9.50. The smallest absolute Gasteiger partial charge is 0.179 e. The second kappa shape index (κ2) is 5.82.